The van der Waals surface area contributed by atoms with E-state index < -0.39 is 0 Å². The van der Waals surface area contributed by atoms with E-state index in [4.69, 9.17) is 16.3 Å². The molecule has 1 aromatic rings. The van der Waals surface area contributed by atoms with Crippen LogP contribution >= 0.6 is 11.6 Å². The Morgan fingerprint density at radius 3 is 2.65 bits per heavy atom. The molecule has 0 fully saturated rings. The number of pyridine rings is 1. The van der Waals surface area contributed by atoms with Gasteiger partial charge in [-0.3, -0.25) is 0 Å². The molecule has 1 rings (SSSR count). The molecule has 20 heavy (non-hydrogen) atoms. The number of unbranched alkanes of at least 4 members (excludes halogenated alkanes) is 3. The molecular formula is C16H27ClN2O. The first-order chi connectivity index (χ1) is 9.42. The van der Waals surface area contributed by atoms with Gasteiger partial charge in [-0.2, -0.15) is 0 Å². The fourth-order valence-corrected chi connectivity index (χ4v) is 1.91. The Morgan fingerprint density at radius 1 is 1.25 bits per heavy atom. The standard InChI is InChI=1S/C16H27ClN2O/c1-5-6-7-8-9-20-15-10-13(14(17)12-18-15)11-19-16(2,3)4/h10,12,19H,5-9,11H2,1-4H3. The highest BCUT2D eigenvalue weighted by molar-refractivity contribution is 6.31. The minimum Gasteiger partial charge on any atom is -0.478 e. The number of hydrogen-bond donors (Lipinski definition) is 1. The van der Waals surface area contributed by atoms with Gasteiger partial charge in [0.05, 0.1) is 11.6 Å². The molecule has 1 heterocycles. The molecule has 3 nitrogen and oxygen atoms in total. The van der Waals surface area contributed by atoms with Gasteiger partial charge in [-0.05, 0) is 32.8 Å². The van der Waals surface area contributed by atoms with Crippen molar-refractivity contribution in [3.63, 3.8) is 0 Å². The van der Waals surface area contributed by atoms with Gasteiger partial charge in [-0.1, -0.05) is 37.8 Å². The van der Waals surface area contributed by atoms with E-state index in [1.165, 1.54) is 19.3 Å². The summed E-state index contributed by atoms with van der Waals surface area (Å²) < 4.78 is 5.68. The van der Waals surface area contributed by atoms with Crippen molar-refractivity contribution in [3.8, 4) is 5.88 Å². The predicted molar refractivity (Wildman–Crippen MR) is 85.5 cm³/mol. The molecule has 1 N–H and O–H groups in total. The van der Waals surface area contributed by atoms with Crippen LogP contribution in [0.4, 0.5) is 0 Å². The van der Waals surface area contributed by atoms with Gasteiger partial charge in [0.1, 0.15) is 0 Å². The fourth-order valence-electron chi connectivity index (χ4n) is 1.74. The van der Waals surface area contributed by atoms with Crippen LogP contribution in [0.2, 0.25) is 5.02 Å². The highest BCUT2D eigenvalue weighted by Gasteiger charge is 2.11. The van der Waals surface area contributed by atoms with Crippen LogP contribution in [0.15, 0.2) is 12.3 Å². The summed E-state index contributed by atoms with van der Waals surface area (Å²) in [6, 6.07) is 1.93. The van der Waals surface area contributed by atoms with Gasteiger partial charge in [0.25, 0.3) is 0 Å². The molecule has 0 aliphatic heterocycles. The first-order valence-corrected chi connectivity index (χ1v) is 7.82. The molecule has 114 valence electrons. The van der Waals surface area contributed by atoms with Gasteiger partial charge in [0, 0.05) is 24.3 Å². The fraction of sp³-hybridized carbons (Fsp3) is 0.688. The van der Waals surface area contributed by atoms with Gasteiger partial charge < -0.3 is 10.1 Å². The quantitative estimate of drug-likeness (QED) is 0.713. The Hall–Kier alpha value is -0.800. The number of nitrogens with one attached hydrogen (secondary N) is 1. The largest absolute Gasteiger partial charge is 0.478 e. The molecule has 1 aromatic heterocycles. The van der Waals surface area contributed by atoms with Crippen molar-refractivity contribution in [1.82, 2.24) is 10.3 Å². The molecule has 0 aliphatic rings. The zero-order chi connectivity index (χ0) is 15.0. The van der Waals surface area contributed by atoms with Gasteiger partial charge in [0.2, 0.25) is 5.88 Å². The van der Waals surface area contributed by atoms with Crippen LogP contribution in [-0.4, -0.2) is 17.1 Å². The molecule has 0 unspecified atom stereocenters. The van der Waals surface area contributed by atoms with Crippen molar-refractivity contribution in [2.24, 2.45) is 0 Å². The molecule has 0 aliphatic carbocycles. The number of ether oxygens (including phenoxy) is 1. The Kier molecular flexibility index (Phi) is 7.31. The van der Waals surface area contributed by atoms with E-state index >= 15 is 0 Å². The highest BCUT2D eigenvalue weighted by Crippen LogP contribution is 2.20. The Balaban J connectivity index is 2.48. The average molecular weight is 299 g/mol. The molecule has 0 spiro atoms. The predicted octanol–water partition coefficient (Wildman–Crippen LogP) is 4.58. The van der Waals surface area contributed by atoms with E-state index in [9.17, 15) is 0 Å². The lowest BCUT2D eigenvalue weighted by Gasteiger charge is -2.21. The summed E-state index contributed by atoms with van der Waals surface area (Å²) in [7, 11) is 0. The van der Waals surface area contributed by atoms with Gasteiger partial charge >= 0.3 is 0 Å². The van der Waals surface area contributed by atoms with E-state index in [1.54, 1.807) is 6.20 Å². The lowest BCUT2D eigenvalue weighted by Crippen LogP contribution is -2.35. The third-order valence-electron chi connectivity index (χ3n) is 2.97. The molecule has 0 saturated heterocycles. The van der Waals surface area contributed by atoms with Crippen molar-refractivity contribution < 1.29 is 4.74 Å². The summed E-state index contributed by atoms with van der Waals surface area (Å²) in [4.78, 5) is 4.22. The molecule has 0 aromatic carbocycles. The maximum atomic E-state index is 6.17. The van der Waals surface area contributed by atoms with Crippen LogP contribution in [0, 0.1) is 0 Å². The highest BCUT2D eigenvalue weighted by atomic mass is 35.5. The maximum absolute atomic E-state index is 6.17. The van der Waals surface area contributed by atoms with Crippen LogP contribution in [0.3, 0.4) is 0 Å². The summed E-state index contributed by atoms with van der Waals surface area (Å²) in [6.07, 6.45) is 6.46. The minimum absolute atomic E-state index is 0.0633. The smallest absolute Gasteiger partial charge is 0.213 e. The normalized spacial score (nSPS) is 11.7. The lowest BCUT2D eigenvalue weighted by atomic mass is 10.1. The Bertz CT molecular complexity index is 402. The van der Waals surface area contributed by atoms with E-state index in [0.717, 1.165) is 25.1 Å². The minimum atomic E-state index is 0.0633. The van der Waals surface area contributed by atoms with E-state index in [0.29, 0.717) is 10.9 Å². The molecule has 0 amide bonds. The van der Waals surface area contributed by atoms with Crippen molar-refractivity contribution >= 4 is 11.6 Å². The van der Waals surface area contributed by atoms with E-state index in [1.807, 2.05) is 6.07 Å². The van der Waals surface area contributed by atoms with Crippen molar-refractivity contribution in [3.05, 3.63) is 22.8 Å². The van der Waals surface area contributed by atoms with Gasteiger partial charge in [-0.25, -0.2) is 4.98 Å². The van der Waals surface area contributed by atoms with Gasteiger partial charge in [-0.15, -0.1) is 0 Å². The number of rotatable bonds is 8. The van der Waals surface area contributed by atoms with Crippen molar-refractivity contribution in [2.75, 3.05) is 6.61 Å². The second-order valence-corrected chi connectivity index (χ2v) is 6.53. The van der Waals surface area contributed by atoms with E-state index in [2.05, 4.69) is 38.0 Å². The summed E-state index contributed by atoms with van der Waals surface area (Å²) >= 11 is 6.17. The molecule has 0 radical (unpaired) electrons. The van der Waals surface area contributed by atoms with E-state index in [-0.39, 0.29) is 5.54 Å². The first kappa shape index (κ1) is 17.3. The molecule has 4 heteroatoms. The van der Waals surface area contributed by atoms with Gasteiger partial charge in [0.15, 0.2) is 0 Å². The average Bonchev–Trinajstić information content (AvgIpc) is 2.38. The SMILES string of the molecule is CCCCCCOc1cc(CNC(C)(C)C)c(Cl)cn1. The maximum Gasteiger partial charge on any atom is 0.213 e. The van der Waals surface area contributed by atoms with Crippen LogP contribution < -0.4 is 10.1 Å². The molecule has 0 bridgehead atoms. The van der Waals surface area contributed by atoms with Crippen LogP contribution in [-0.2, 0) is 6.54 Å². The molecule has 0 saturated carbocycles. The summed E-state index contributed by atoms with van der Waals surface area (Å²) in [5.74, 6) is 0.664. The van der Waals surface area contributed by atoms with Crippen molar-refractivity contribution in [1.29, 1.82) is 0 Å². The molecule has 0 atom stereocenters. The second kappa shape index (κ2) is 8.48. The van der Waals surface area contributed by atoms with Crippen molar-refractivity contribution in [2.45, 2.75) is 65.5 Å². The second-order valence-electron chi connectivity index (χ2n) is 6.13. The monoisotopic (exact) mass is 298 g/mol. The summed E-state index contributed by atoms with van der Waals surface area (Å²) in [6.45, 7) is 10.0. The van der Waals surface area contributed by atoms with Crippen LogP contribution in [0.1, 0.15) is 58.9 Å². The Morgan fingerprint density at radius 2 is 2.00 bits per heavy atom. The third-order valence-corrected chi connectivity index (χ3v) is 3.31. The van der Waals surface area contributed by atoms with Crippen LogP contribution in [0.5, 0.6) is 5.88 Å². The number of hydrogen-bond acceptors (Lipinski definition) is 3. The number of halogens is 1. The first-order valence-electron chi connectivity index (χ1n) is 7.44. The Labute approximate surface area is 128 Å². The molecular weight excluding hydrogens is 272 g/mol. The number of aromatic nitrogens is 1. The number of nitrogens with zero attached hydrogens (tertiary/aromatic N) is 1. The lowest BCUT2D eigenvalue weighted by molar-refractivity contribution is 0.293. The summed E-state index contributed by atoms with van der Waals surface area (Å²) in [5, 5.41) is 4.10. The van der Waals surface area contributed by atoms with Crippen LogP contribution in [0.25, 0.3) is 0 Å². The topological polar surface area (TPSA) is 34.1 Å². The summed E-state index contributed by atoms with van der Waals surface area (Å²) in [5.41, 5.74) is 1.09. The zero-order valence-electron chi connectivity index (χ0n) is 13.1. The zero-order valence-corrected chi connectivity index (χ0v) is 13.9. The third kappa shape index (κ3) is 7.11.